The van der Waals surface area contributed by atoms with Crippen molar-refractivity contribution in [3.8, 4) is 0 Å². The molecule has 0 saturated carbocycles. The van der Waals surface area contributed by atoms with E-state index in [1.807, 2.05) is 30.3 Å². The van der Waals surface area contributed by atoms with Gasteiger partial charge >= 0.3 is 0 Å². The van der Waals surface area contributed by atoms with E-state index in [2.05, 4.69) is 11.4 Å². The van der Waals surface area contributed by atoms with Gasteiger partial charge in [0, 0.05) is 23.5 Å². The van der Waals surface area contributed by atoms with Gasteiger partial charge in [-0.2, -0.15) is 0 Å². The van der Waals surface area contributed by atoms with E-state index >= 15 is 0 Å². The minimum atomic E-state index is -0.129. The second kappa shape index (κ2) is 4.95. The molecule has 1 N–H and O–H groups in total. The summed E-state index contributed by atoms with van der Waals surface area (Å²) in [5, 5.41) is 4.03. The van der Waals surface area contributed by atoms with Gasteiger partial charge in [0.1, 0.15) is 5.82 Å². The molecule has 0 aromatic heterocycles. The zero-order valence-electron chi connectivity index (χ0n) is 10.5. The maximum atomic E-state index is 13.8. The molecule has 1 fully saturated rings. The Morgan fingerprint density at radius 1 is 1.11 bits per heavy atom. The summed E-state index contributed by atoms with van der Waals surface area (Å²) >= 11 is 6.07. The third kappa shape index (κ3) is 2.38. The molecule has 1 heterocycles. The first-order valence-electron chi connectivity index (χ1n) is 6.40. The fourth-order valence-corrected chi connectivity index (χ4v) is 2.87. The van der Waals surface area contributed by atoms with Gasteiger partial charge in [0.25, 0.3) is 0 Å². The standard InChI is InChI=1S/C16H15ClFN/c17-14-6-3-5-13(8-14)16(10-19-11-16)9-12-4-1-2-7-15(12)18/h1-8,19H,9-11H2. The van der Waals surface area contributed by atoms with Gasteiger partial charge in [-0.25, -0.2) is 4.39 Å². The van der Waals surface area contributed by atoms with Crippen LogP contribution in [0.25, 0.3) is 0 Å². The molecule has 1 aliphatic rings. The Morgan fingerprint density at radius 3 is 2.53 bits per heavy atom. The van der Waals surface area contributed by atoms with Crippen molar-refractivity contribution in [2.45, 2.75) is 11.8 Å². The fraction of sp³-hybridized carbons (Fsp3) is 0.250. The maximum Gasteiger partial charge on any atom is 0.126 e. The fourth-order valence-electron chi connectivity index (χ4n) is 2.68. The number of rotatable bonds is 3. The zero-order chi connectivity index (χ0) is 13.3. The molecule has 0 bridgehead atoms. The topological polar surface area (TPSA) is 12.0 Å². The van der Waals surface area contributed by atoms with Crippen molar-refractivity contribution >= 4 is 11.6 Å². The van der Waals surface area contributed by atoms with Crippen molar-refractivity contribution in [1.29, 1.82) is 0 Å². The van der Waals surface area contributed by atoms with Crippen LogP contribution in [0, 0.1) is 5.82 Å². The zero-order valence-corrected chi connectivity index (χ0v) is 11.3. The van der Waals surface area contributed by atoms with Crippen LogP contribution in [-0.4, -0.2) is 13.1 Å². The number of hydrogen-bond acceptors (Lipinski definition) is 1. The molecule has 0 atom stereocenters. The first-order chi connectivity index (χ1) is 9.20. The van der Waals surface area contributed by atoms with Crippen LogP contribution in [0.5, 0.6) is 0 Å². The summed E-state index contributed by atoms with van der Waals surface area (Å²) in [4.78, 5) is 0. The second-order valence-corrected chi connectivity index (χ2v) is 5.60. The molecule has 2 aromatic rings. The lowest BCUT2D eigenvalue weighted by Gasteiger charge is -2.43. The van der Waals surface area contributed by atoms with E-state index in [0.717, 1.165) is 23.7 Å². The van der Waals surface area contributed by atoms with Crippen LogP contribution in [0.4, 0.5) is 4.39 Å². The van der Waals surface area contributed by atoms with E-state index < -0.39 is 0 Å². The van der Waals surface area contributed by atoms with Crippen molar-refractivity contribution in [2.24, 2.45) is 0 Å². The largest absolute Gasteiger partial charge is 0.315 e. The highest BCUT2D eigenvalue weighted by Gasteiger charge is 2.39. The van der Waals surface area contributed by atoms with Crippen molar-refractivity contribution in [1.82, 2.24) is 5.32 Å². The summed E-state index contributed by atoms with van der Waals surface area (Å²) in [5.41, 5.74) is 1.92. The Bertz CT molecular complexity index is 593. The van der Waals surface area contributed by atoms with Crippen molar-refractivity contribution in [3.63, 3.8) is 0 Å². The van der Waals surface area contributed by atoms with Crippen LogP contribution in [0.1, 0.15) is 11.1 Å². The van der Waals surface area contributed by atoms with E-state index in [0.29, 0.717) is 6.42 Å². The molecule has 0 spiro atoms. The highest BCUT2D eigenvalue weighted by Crippen LogP contribution is 2.34. The Kier molecular flexibility index (Phi) is 3.29. The molecule has 0 unspecified atom stereocenters. The minimum absolute atomic E-state index is 0.0346. The van der Waals surface area contributed by atoms with Crippen LogP contribution in [0.3, 0.4) is 0 Å². The highest BCUT2D eigenvalue weighted by molar-refractivity contribution is 6.30. The van der Waals surface area contributed by atoms with Gasteiger partial charge in [-0.1, -0.05) is 41.9 Å². The smallest absolute Gasteiger partial charge is 0.126 e. The van der Waals surface area contributed by atoms with Crippen LogP contribution >= 0.6 is 11.6 Å². The van der Waals surface area contributed by atoms with Crippen LogP contribution in [0.15, 0.2) is 48.5 Å². The molecule has 3 heteroatoms. The predicted octanol–water partition coefficient (Wildman–Crippen LogP) is 3.56. The normalized spacial score (nSPS) is 16.9. The summed E-state index contributed by atoms with van der Waals surface area (Å²) in [6.07, 6.45) is 0.701. The summed E-state index contributed by atoms with van der Waals surface area (Å²) in [5.74, 6) is -0.129. The Balaban J connectivity index is 1.94. The lowest BCUT2D eigenvalue weighted by molar-refractivity contribution is 0.272. The van der Waals surface area contributed by atoms with E-state index in [4.69, 9.17) is 11.6 Å². The third-order valence-electron chi connectivity index (χ3n) is 3.85. The number of nitrogens with one attached hydrogen (secondary N) is 1. The van der Waals surface area contributed by atoms with Crippen molar-refractivity contribution in [3.05, 3.63) is 70.5 Å². The second-order valence-electron chi connectivity index (χ2n) is 5.16. The molecule has 19 heavy (non-hydrogen) atoms. The van der Waals surface area contributed by atoms with E-state index in [1.165, 1.54) is 11.6 Å². The van der Waals surface area contributed by atoms with Crippen LogP contribution in [-0.2, 0) is 11.8 Å². The van der Waals surface area contributed by atoms with Crippen molar-refractivity contribution in [2.75, 3.05) is 13.1 Å². The van der Waals surface area contributed by atoms with Crippen LogP contribution < -0.4 is 5.32 Å². The van der Waals surface area contributed by atoms with Gasteiger partial charge in [-0.3, -0.25) is 0 Å². The van der Waals surface area contributed by atoms with E-state index in [-0.39, 0.29) is 11.2 Å². The number of benzene rings is 2. The van der Waals surface area contributed by atoms with Gasteiger partial charge in [-0.05, 0) is 35.7 Å². The molecule has 1 nitrogen and oxygen atoms in total. The maximum absolute atomic E-state index is 13.8. The van der Waals surface area contributed by atoms with Crippen molar-refractivity contribution < 1.29 is 4.39 Å². The Labute approximate surface area is 117 Å². The molecule has 1 saturated heterocycles. The number of hydrogen-bond donors (Lipinski definition) is 1. The van der Waals surface area contributed by atoms with E-state index in [1.54, 1.807) is 6.07 Å². The summed E-state index contributed by atoms with van der Waals surface area (Å²) < 4.78 is 13.8. The average Bonchev–Trinajstić information content (AvgIpc) is 2.36. The molecule has 3 rings (SSSR count). The lowest BCUT2D eigenvalue weighted by Crippen LogP contribution is -2.58. The van der Waals surface area contributed by atoms with Crippen LogP contribution in [0.2, 0.25) is 5.02 Å². The van der Waals surface area contributed by atoms with E-state index in [9.17, 15) is 4.39 Å². The SMILES string of the molecule is Fc1ccccc1CC1(c2cccc(Cl)c2)CNC1. The number of halogens is 2. The van der Waals surface area contributed by atoms with Gasteiger partial charge in [0.05, 0.1) is 0 Å². The van der Waals surface area contributed by atoms with Gasteiger partial charge in [0.15, 0.2) is 0 Å². The molecular weight excluding hydrogens is 261 g/mol. The first-order valence-corrected chi connectivity index (χ1v) is 6.78. The highest BCUT2D eigenvalue weighted by atomic mass is 35.5. The molecule has 2 aromatic carbocycles. The summed E-state index contributed by atoms with van der Waals surface area (Å²) in [6, 6.07) is 14.9. The molecule has 0 aliphatic carbocycles. The summed E-state index contributed by atoms with van der Waals surface area (Å²) in [7, 11) is 0. The minimum Gasteiger partial charge on any atom is -0.315 e. The first kappa shape index (κ1) is 12.6. The van der Waals surface area contributed by atoms with Gasteiger partial charge in [-0.15, -0.1) is 0 Å². The lowest BCUT2D eigenvalue weighted by atomic mass is 9.71. The quantitative estimate of drug-likeness (QED) is 0.903. The average molecular weight is 276 g/mol. The van der Waals surface area contributed by atoms with Gasteiger partial charge < -0.3 is 5.32 Å². The molecule has 0 amide bonds. The third-order valence-corrected chi connectivity index (χ3v) is 4.09. The molecule has 1 aliphatic heterocycles. The predicted molar refractivity (Wildman–Crippen MR) is 76.1 cm³/mol. The molecule has 98 valence electrons. The molecular formula is C16H15ClFN. The Morgan fingerprint density at radius 2 is 1.89 bits per heavy atom. The van der Waals surface area contributed by atoms with Gasteiger partial charge in [0.2, 0.25) is 0 Å². The summed E-state index contributed by atoms with van der Waals surface area (Å²) in [6.45, 7) is 1.73. The monoisotopic (exact) mass is 275 g/mol. The Hall–Kier alpha value is -1.38. The molecule has 0 radical (unpaired) electrons.